The van der Waals surface area contributed by atoms with Crippen molar-refractivity contribution < 1.29 is 4.79 Å². The lowest BCUT2D eigenvalue weighted by Gasteiger charge is -2.26. The Morgan fingerprint density at radius 1 is 0.920 bits per heavy atom. The van der Waals surface area contributed by atoms with Crippen LogP contribution in [0.1, 0.15) is 37.4 Å². The Morgan fingerprint density at radius 3 is 2.36 bits per heavy atom. The first-order valence-electron chi connectivity index (χ1n) is 8.88. The molecule has 4 rings (SSSR count). The predicted molar refractivity (Wildman–Crippen MR) is 102 cm³/mol. The topological polar surface area (TPSA) is 20.3 Å². The predicted octanol–water partition coefficient (Wildman–Crippen LogP) is 5.34. The van der Waals surface area contributed by atoms with Crippen molar-refractivity contribution in [3.63, 3.8) is 0 Å². The summed E-state index contributed by atoms with van der Waals surface area (Å²) in [6.07, 6.45) is 0.858. The van der Waals surface area contributed by atoms with E-state index in [1.54, 1.807) is 0 Å². The van der Waals surface area contributed by atoms with Gasteiger partial charge in [0.15, 0.2) is 0 Å². The van der Waals surface area contributed by atoms with Gasteiger partial charge in [-0.3, -0.25) is 4.79 Å². The zero-order valence-electron chi connectivity index (χ0n) is 14.8. The van der Waals surface area contributed by atoms with Crippen LogP contribution < -0.4 is 0 Å². The molecule has 0 aliphatic carbocycles. The summed E-state index contributed by atoms with van der Waals surface area (Å²) in [5.74, 6) is 0.245. The summed E-state index contributed by atoms with van der Waals surface area (Å²) < 4.78 is 0. The lowest BCUT2D eigenvalue weighted by Crippen LogP contribution is -2.31. The standard InChI is InChI=1S/C23H23NO/c1-23(2)15-21(20-13-12-18-10-6-7-11-19(18)14-20)24(22(23)25)16-17-8-4-3-5-9-17/h3-14,21H,15-16H2,1-2H3/t21-/m1/s1. The third-order valence-corrected chi connectivity index (χ3v) is 5.27. The van der Waals surface area contributed by atoms with Gasteiger partial charge in [-0.15, -0.1) is 0 Å². The number of fused-ring (bicyclic) bond motifs is 1. The highest BCUT2D eigenvalue weighted by Gasteiger charge is 2.45. The SMILES string of the molecule is CC1(C)C[C@H](c2ccc3ccccc3c2)N(Cc2ccccc2)C1=O. The number of hydrogen-bond acceptors (Lipinski definition) is 1. The zero-order chi connectivity index (χ0) is 17.4. The molecule has 25 heavy (non-hydrogen) atoms. The zero-order valence-corrected chi connectivity index (χ0v) is 14.8. The summed E-state index contributed by atoms with van der Waals surface area (Å²) in [5.41, 5.74) is 2.10. The number of carbonyl (C=O) groups is 1. The average Bonchev–Trinajstić information content (AvgIpc) is 2.86. The molecule has 0 aromatic heterocycles. The molecule has 126 valence electrons. The summed E-state index contributed by atoms with van der Waals surface area (Å²) in [5, 5.41) is 2.47. The molecule has 0 saturated carbocycles. The number of amides is 1. The van der Waals surface area contributed by atoms with Crippen LogP contribution in [-0.2, 0) is 11.3 Å². The maximum atomic E-state index is 13.0. The molecule has 1 aliphatic heterocycles. The molecule has 2 nitrogen and oxygen atoms in total. The van der Waals surface area contributed by atoms with Crippen molar-refractivity contribution in [1.82, 2.24) is 4.90 Å². The maximum absolute atomic E-state index is 13.0. The van der Waals surface area contributed by atoms with Gasteiger partial charge < -0.3 is 4.90 Å². The minimum absolute atomic E-state index is 0.132. The van der Waals surface area contributed by atoms with Crippen molar-refractivity contribution in [2.45, 2.75) is 32.9 Å². The Hall–Kier alpha value is -2.61. The molecule has 3 aromatic rings. The smallest absolute Gasteiger partial charge is 0.229 e. The summed E-state index contributed by atoms with van der Waals surface area (Å²) in [6.45, 7) is 4.79. The van der Waals surface area contributed by atoms with Crippen LogP contribution in [-0.4, -0.2) is 10.8 Å². The van der Waals surface area contributed by atoms with Crippen LogP contribution in [0.15, 0.2) is 72.8 Å². The lowest BCUT2D eigenvalue weighted by molar-refractivity contribution is -0.136. The maximum Gasteiger partial charge on any atom is 0.229 e. The molecule has 2 heteroatoms. The lowest BCUT2D eigenvalue weighted by atomic mass is 9.87. The molecule has 1 fully saturated rings. The van der Waals surface area contributed by atoms with Crippen molar-refractivity contribution in [1.29, 1.82) is 0 Å². The Kier molecular flexibility index (Phi) is 3.84. The fraction of sp³-hybridized carbons (Fsp3) is 0.261. The van der Waals surface area contributed by atoms with Gasteiger partial charge in [-0.2, -0.15) is 0 Å². The van der Waals surface area contributed by atoms with E-state index in [1.807, 2.05) is 18.2 Å². The summed E-state index contributed by atoms with van der Waals surface area (Å²) in [7, 11) is 0. The second kappa shape index (κ2) is 6.03. The molecular weight excluding hydrogens is 306 g/mol. The molecule has 0 radical (unpaired) electrons. The fourth-order valence-electron chi connectivity index (χ4n) is 3.89. The van der Waals surface area contributed by atoms with Gasteiger partial charge in [0.1, 0.15) is 0 Å². The molecule has 1 heterocycles. The van der Waals surface area contributed by atoms with Crippen LogP contribution in [0.4, 0.5) is 0 Å². The largest absolute Gasteiger partial charge is 0.331 e. The van der Waals surface area contributed by atoms with E-state index in [-0.39, 0.29) is 17.4 Å². The van der Waals surface area contributed by atoms with Crippen LogP contribution in [0.25, 0.3) is 10.8 Å². The van der Waals surface area contributed by atoms with Crippen molar-refractivity contribution in [3.05, 3.63) is 83.9 Å². The highest BCUT2D eigenvalue weighted by Crippen LogP contribution is 2.44. The van der Waals surface area contributed by atoms with E-state index in [9.17, 15) is 4.79 Å². The van der Waals surface area contributed by atoms with Crippen LogP contribution >= 0.6 is 0 Å². The quantitative estimate of drug-likeness (QED) is 0.635. The Bertz CT molecular complexity index is 914. The first kappa shape index (κ1) is 15.9. The second-order valence-corrected chi connectivity index (χ2v) is 7.63. The monoisotopic (exact) mass is 329 g/mol. The molecule has 1 amide bonds. The van der Waals surface area contributed by atoms with E-state index in [4.69, 9.17) is 0 Å². The Labute approximate surface area is 149 Å². The van der Waals surface area contributed by atoms with Crippen molar-refractivity contribution >= 4 is 16.7 Å². The molecule has 0 N–H and O–H groups in total. The first-order chi connectivity index (χ1) is 12.0. The number of carbonyl (C=O) groups excluding carboxylic acids is 1. The van der Waals surface area contributed by atoms with Gasteiger partial charge in [0.05, 0.1) is 6.04 Å². The number of rotatable bonds is 3. The number of nitrogens with zero attached hydrogens (tertiary/aromatic N) is 1. The highest BCUT2D eigenvalue weighted by molar-refractivity contribution is 5.86. The number of likely N-dealkylation sites (tertiary alicyclic amines) is 1. The van der Waals surface area contributed by atoms with E-state index < -0.39 is 0 Å². The van der Waals surface area contributed by atoms with Crippen molar-refractivity contribution in [2.75, 3.05) is 0 Å². The van der Waals surface area contributed by atoms with Crippen LogP contribution in [0, 0.1) is 5.41 Å². The Morgan fingerprint density at radius 2 is 1.60 bits per heavy atom. The van der Waals surface area contributed by atoms with Gasteiger partial charge in [-0.1, -0.05) is 80.6 Å². The molecule has 3 aromatic carbocycles. The average molecular weight is 329 g/mol. The van der Waals surface area contributed by atoms with Gasteiger partial charge >= 0.3 is 0 Å². The van der Waals surface area contributed by atoms with E-state index in [0.717, 1.165) is 6.42 Å². The fourth-order valence-corrected chi connectivity index (χ4v) is 3.89. The van der Waals surface area contributed by atoms with E-state index >= 15 is 0 Å². The summed E-state index contributed by atoms with van der Waals surface area (Å²) in [6, 6.07) is 25.4. The Balaban J connectivity index is 1.72. The number of hydrogen-bond donors (Lipinski definition) is 0. The minimum Gasteiger partial charge on any atom is -0.331 e. The van der Waals surface area contributed by atoms with Gasteiger partial charge in [-0.25, -0.2) is 0 Å². The molecule has 0 unspecified atom stereocenters. The minimum atomic E-state index is -0.314. The van der Waals surface area contributed by atoms with Gasteiger partial charge in [0.2, 0.25) is 5.91 Å². The second-order valence-electron chi connectivity index (χ2n) is 7.63. The van der Waals surface area contributed by atoms with Crippen LogP contribution in [0.3, 0.4) is 0 Å². The molecule has 0 spiro atoms. The van der Waals surface area contributed by atoms with E-state index in [1.165, 1.54) is 21.9 Å². The van der Waals surface area contributed by atoms with Crippen molar-refractivity contribution in [2.24, 2.45) is 5.41 Å². The highest BCUT2D eigenvalue weighted by atomic mass is 16.2. The molecular formula is C23H23NO. The van der Waals surface area contributed by atoms with Gasteiger partial charge in [0.25, 0.3) is 0 Å². The van der Waals surface area contributed by atoms with Crippen LogP contribution in [0.5, 0.6) is 0 Å². The van der Waals surface area contributed by atoms with E-state index in [2.05, 4.69) is 73.3 Å². The molecule has 0 bridgehead atoms. The summed E-state index contributed by atoms with van der Waals surface area (Å²) in [4.78, 5) is 15.1. The van der Waals surface area contributed by atoms with Crippen molar-refractivity contribution in [3.8, 4) is 0 Å². The van der Waals surface area contributed by atoms with E-state index in [0.29, 0.717) is 6.54 Å². The third-order valence-electron chi connectivity index (χ3n) is 5.27. The molecule has 1 saturated heterocycles. The molecule has 1 atom stereocenters. The molecule has 1 aliphatic rings. The van der Waals surface area contributed by atoms with Gasteiger partial charge in [-0.05, 0) is 34.4 Å². The third kappa shape index (κ3) is 2.93. The van der Waals surface area contributed by atoms with Crippen LogP contribution in [0.2, 0.25) is 0 Å². The number of benzene rings is 3. The first-order valence-corrected chi connectivity index (χ1v) is 8.88. The van der Waals surface area contributed by atoms with Gasteiger partial charge in [0, 0.05) is 12.0 Å². The normalized spacial score (nSPS) is 19.5. The summed E-state index contributed by atoms with van der Waals surface area (Å²) >= 11 is 0.